The number of ether oxygens (including phenoxy) is 1. The van der Waals surface area contributed by atoms with E-state index in [1.807, 2.05) is 70.2 Å². The summed E-state index contributed by atoms with van der Waals surface area (Å²) >= 11 is 3.46. The summed E-state index contributed by atoms with van der Waals surface area (Å²) in [6, 6.07) is 12.9. The third kappa shape index (κ3) is 6.87. The zero-order chi connectivity index (χ0) is 22.3. The molecule has 0 radical (unpaired) electrons. The number of benzene rings is 2. The first-order chi connectivity index (χ1) is 14.2. The van der Waals surface area contributed by atoms with Crippen molar-refractivity contribution in [1.29, 1.82) is 0 Å². The molecule has 2 aromatic carbocycles. The number of carbonyl (C=O) groups is 2. The van der Waals surface area contributed by atoms with Crippen LogP contribution in [0.2, 0.25) is 0 Å². The lowest BCUT2D eigenvalue weighted by Crippen LogP contribution is -2.49. The van der Waals surface area contributed by atoms with Gasteiger partial charge >= 0.3 is 0 Å². The molecule has 0 saturated heterocycles. The van der Waals surface area contributed by atoms with Gasteiger partial charge in [0.15, 0.2) is 6.61 Å². The molecule has 0 aliphatic rings. The summed E-state index contributed by atoms with van der Waals surface area (Å²) in [5, 5.41) is 2.92. The zero-order valence-corrected chi connectivity index (χ0v) is 20.0. The molecule has 0 aromatic heterocycles. The first-order valence-electron chi connectivity index (χ1n) is 10.2. The van der Waals surface area contributed by atoms with Crippen LogP contribution in [0.4, 0.5) is 0 Å². The molecule has 5 nitrogen and oxygen atoms in total. The lowest BCUT2D eigenvalue weighted by atomic mass is 10.1. The summed E-state index contributed by atoms with van der Waals surface area (Å²) in [4.78, 5) is 27.3. The van der Waals surface area contributed by atoms with E-state index < -0.39 is 6.04 Å². The predicted molar refractivity (Wildman–Crippen MR) is 123 cm³/mol. The molecule has 0 spiro atoms. The summed E-state index contributed by atoms with van der Waals surface area (Å²) in [6.45, 7) is 10.6. The highest BCUT2D eigenvalue weighted by molar-refractivity contribution is 9.10. The summed E-state index contributed by atoms with van der Waals surface area (Å²) in [5.74, 6) is 0.618. The number of rotatable bonds is 9. The minimum atomic E-state index is -0.613. The van der Waals surface area contributed by atoms with Crippen molar-refractivity contribution in [1.82, 2.24) is 10.2 Å². The molecule has 0 bridgehead atoms. The number of aryl methyl sites for hydroxylation is 1. The maximum absolute atomic E-state index is 13.1. The van der Waals surface area contributed by atoms with E-state index in [9.17, 15) is 9.59 Å². The van der Waals surface area contributed by atoms with E-state index in [2.05, 4.69) is 21.2 Å². The smallest absolute Gasteiger partial charge is 0.261 e. The van der Waals surface area contributed by atoms with Gasteiger partial charge in [-0.15, -0.1) is 0 Å². The Morgan fingerprint density at radius 3 is 2.47 bits per heavy atom. The van der Waals surface area contributed by atoms with Gasteiger partial charge in [-0.25, -0.2) is 0 Å². The summed E-state index contributed by atoms with van der Waals surface area (Å²) < 4.78 is 6.74. The molecule has 0 unspecified atom stereocenters. The summed E-state index contributed by atoms with van der Waals surface area (Å²) in [6.07, 6.45) is 0. The van der Waals surface area contributed by atoms with Crippen molar-refractivity contribution in [2.24, 2.45) is 5.92 Å². The van der Waals surface area contributed by atoms with Gasteiger partial charge in [0.1, 0.15) is 11.8 Å². The minimum Gasteiger partial charge on any atom is -0.483 e. The second-order valence-corrected chi connectivity index (χ2v) is 8.87. The van der Waals surface area contributed by atoms with Gasteiger partial charge in [-0.05, 0) is 61.6 Å². The van der Waals surface area contributed by atoms with Gasteiger partial charge in [-0.1, -0.05) is 54.0 Å². The molecule has 2 rings (SSSR count). The number of amides is 2. The number of halogens is 1. The molecule has 6 heteroatoms. The van der Waals surface area contributed by atoms with Crippen LogP contribution in [0.1, 0.15) is 37.5 Å². The van der Waals surface area contributed by atoms with E-state index in [0.29, 0.717) is 24.8 Å². The van der Waals surface area contributed by atoms with Gasteiger partial charge in [0.05, 0.1) is 0 Å². The second-order valence-electron chi connectivity index (χ2n) is 7.95. The van der Waals surface area contributed by atoms with Crippen LogP contribution in [0, 0.1) is 19.8 Å². The molecule has 30 heavy (non-hydrogen) atoms. The van der Waals surface area contributed by atoms with Gasteiger partial charge in [-0.2, -0.15) is 0 Å². The van der Waals surface area contributed by atoms with Crippen molar-refractivity contribution in [3.05, 3.63) is 63.6 Å². The fourth-order valence-corrected chi connectivity index (χ4v) is 3.42. The number of hydrogen-bond donors (Lipinski definition) is 1. The van der Waals surface area contributed by atoms with Crippen LogP contribution in [-0.4, -0.2) is 35.9 Å². The van der Waals surface area contributed by atoms with Crippen LogP contribution in [-0.2, 0) is 16.1 Å². The van der Waals surface area contributed by atoms with E-state index in [0.717, 1.165) is 21.2 Å². The fourth-order valence-electron chi connectivity index (χ4n) is 2.97. The lowest BCUT2D eigenvalue weighted by molar-refractivity contribution is -0.142. The number of nitrogens with zero attached hydrogens (tertiary/aromatic N) is 1. The fraction of sp³-hybridized carbons (Fsp3) is 0.417. The van der Waals surface area contributed by atoms with Gasteiger partial charge < -0.3 is 15.0 Å². The van der Waals surface area contributed by atoms with Crippen LogP contribution in [0.5, 0.6) is 5.75 Å². The van der Waals surface area contributed by atoms with Gasteiger partial charge in [-0.3, -0.25) is 9.59 Å². The minimum absolute atomic E-state index is 0.125. The summed E-state index contributed by atoms with van der Waals surface area (Å²) in [5.41, 5.74) is 3.05. The Balaban J connectivity index is 2.17. The number of carbonyl (C=O) groups excluding carboxylic acids is 2. The van der Waals surface area contributed by atoms with Crippen molar-refractivity contribution in [2.45, 2.75) is 47.2 Å². The summed E-state index contributed by atoms with van der Waals surface area (Å²) in [7, 11) is 0. The molecule has 2 amide bonds. The van der Waals surface area contributed by atoms with Gasteiger partial charge in [0, 0.05) is 17.6 Å². The van der Waals surface area contributed by atoms with Crippen molar-refractivity contribution >= 4 is 27.7 Å². The molecule has 0 aliphatic heterocycles. The quantitative estimate of drug-likeness (QED) is 0.575. The molecule has 162 valence electrons. The molecule has 0 aliphatic carbocycles. The normalized spacial score (nSPS) is 11.8. The Kier molecular flexibility index (Phi) is 8.90. The third-order valence-corrected chi connectivity index (χ3v) is 5.49. The zero-order valence-electron chi connectivity index (χ0n) is 18.4. The van der Waals surface area contributed by atoms with Gasteiger partial charge in [0.2, 0.25) is 5.91 Å². The Labute approximate surface area is 187 Å². The largest absolute Gasteiger partial charge is 0.483 e. The van der Waals surface area contributed by atoms with Crippen LogP contribution < -0.4 is 10.1 Å². The standard InChI is InChI=1S/C24H31BrN2O3/c1-16(2)13-26-24(29)19(5)27(14-20-9-7-10-21(25)12-20)23(28)15-30-22-11-6-8-17(3)18(22)4/h6-12,16,19H,13-15H2,1-5H3,(H,26,29)/t19-/m1/s1. The van der Waals surface area contributed by atoms with Crippen LogP contribution >= 0.6 is 15.9 Å². The van der Waals surface area contributed by atoms with Gasteiger partial charge in [0.25, 0.3) is 5.91 Å². The lowest BCUT2D eigenvalue weighted by Gasteiger charge is -2.29. The maximum Gasteiger partial charge on any atom is 0.261 e. The van der Waals surface area contributed by atoms with E-state index >= 15 is 0 Å². The van der Waals surface area contributed by atoms with Crippen LogP contribution in [0.3, 0.4) is 0 Å². The van der Waals surface area contributed by atoms with E-state index in [4.69, 9.17) is 4.74 Å². The van der Waals surface area contributed by atoms with Crippen molar-refractivity contribution in [2.75, 3.05) is 13.2 Å². The number of hydrogen-bond acceptors (Lipinski definition) is 3. The van der Waals surface area contributed by atoms with Crippen LogP contribution in [0.15, 0.2) is 46.9 Å². The SMILES string of the molecule is Cc1cccc(OCC(=O)N(Cc2cccc(Br)c2)[C@H](C)C(=O)NCC(C)C)c1C. The number of nitrogens with one attached hydrogen (secondary N) is 1. The third-order valence-electron chi connectivity index (χ3n) is 5.00. The molecule has 2 aromatic rings. The highest BCUT2D eigenvalue weighted by Gasteiger charge is 2.26. The Bertz CT molecular complexity index is 883. The molecule has 1 N–H and O–H groups in total. The Hall–Kier alpha value is -2.34. The first-order valence-corrected chi connectivity index (χ1v) is 11.0. The molecule has 0 fully saturated rings. The highest BCUT2D eigenvalue weighted by Crippen LogP contribution is 2.21. The average Bonchev–Trinajstić information content (AvgIpc) is 2.70. The predicted octanol–water partition coefficient (Wildman–Crippen LogP) is 4.63. The highest BCUT2D eigenvalue weighted by atomic mass is 79.9. The topological polar surface area (TPSA) is 58.6 Å². The maximum atomic E-state index is 13.1. The van der Waals surface area contributed by atoms with Crippen molar-refractivity contribution in [3.8, 4) is 5.75 Å². The Morgan fingerprint density at radius 1 is 1.10 bits per heavy atom. The second kappa shape index (κ2) is 11.2. The molecule has 0 saturated carbocycles. The van der Waals surface area contributed by atoms with E-state index in [-0.39, 0.29) is 18.4 Å². The molecule has 1 atom stereocenters. The molecular formula is C24H31BrN2O3. The average molecular weight is 475 g/mol. The molecular weight excluding hydrogens is 444 g/mol. The van der Waals surface area contributed by atoms with Crippen molar-refractivity contribution in [3.63, 3.8) is 0 Å². The van der Waals surface area contributed by atoms with E-state index in [1.165, 1.54) is 0 Å². The monoisotopic (exact) mass is 474 g/mol. The Morgan fingerprint density at radius 2 is 1.80 bits per heavy atom. The molecule has 0 heterocycles. The first kappa shape index (κ1) is 23.9. The van der Waals surface area contributed by atoms with Crippen LogP contribution in [0.25, 0.3) is 0 Å². The van der Waals surface area contributed by atoms with Crippen molar-refractivity contribution < 1.29 is 14.3 Å². The van der Waals surface area contributed by atoms with E-state index in [1.54, 1.807) is 11.8 Å².